The maximum absolute atomic E-state index is 13.9. The highest BCUT2D eigenvalue weighted by atomic mass is 19.1. The van der Waals surface area contributed by atoms with E-state index in [1.165, 1.54) is 0 Å². The Balaban J connectivity index is 2.26. The number of nitrogens with two attached hydrogens (primary N) is 1. The highest BCUT2D eigenvalue weighted by molar-refractivity contribution is 5.85. The van der Waals surface area contributed by atoms with Crippen LogP contribution in [0.5, 0.6) is 0 Å². The minimum atomic E-state index is -0.630. The molecule has 0 aromatic carbocycles. The van der Waals surface area contributed by atoms with Gasteiger partial charge in [0.2, 0.25) is 11.9 Å². The van der Waals surface area contributed by atoms with Crippen molar-refractivity contribution in [3.05, 3.63) is 12.0 Å². The number of halogens is 1. The molecule has 0 aliphatic carbocycles. The van der Waals surface area contributed by atoms with E-state index in [0.29, 0.717) is 13.2 Å². The molecule has 0 radical (unpaired) electrons. The molecule has 7 nitrogen and oxygen atoms in total. The molecule has 1 fully saturated rings. The number of hydrogen-bond acceptors (Lipinski definition) is 6. The Labute approximate surface area is 116 Å². The molecule has 1 aliphatic rings. The Morgan fingerprint density at radius 2 is 2.40 bits per heavy atom. The van der Waals surface area contributed by atoms with Crippen LogP contribution in [0.15, 0.2) is 6.20 Å². The number of nitrogens with zero attached hydrogens (tertiary/aromatic N) is 3. The van der Waals surface area contributed by atoms with E-state index < -0.39 is 11.9 Å². The summed E-state index contributed by atoms with van der Waals surface area (Å²) in [6.07, 6.45) is 1.00. The minimum Gasteiger partial charge on any atom is -0.377 e. The van der Waals surface area contributed by atoms with Crippen LogP contribution in [-0.4, -0.2) is 47.7 Å². The predicted molar refractivity (Wildman–Crippen MR) is 71.6 cm³/mol. The van der Waals surface area contributed by atoms with Gasteiger partial charge in [-0.05, 0) is 13.8 Å². The normalized spacial score (nSPS) is 19.2. The lowest BCUT2D eigenvalue weighted by molar-refractivity contribution is -0.125. The average molecular weight is 283 g/mol. The number of carbonyl (C=O) groups excluding carboxylic acids is 1. The van der Waals surface area contributed by atoms with Gasteiger partial charge in [-0.2, -0.15) is 4.98 Å². The van der Waals surface area contributed by atoms with E-state index in [9.17, 15) is 9.18 Å². The van der Waals surface area contributed by atoms with Gasteiger partial charge in [-0.25, -0.2) is 9.37 Å². The highest BCUT2D eigenvalue weighted by Crippen LogP contribution is 2.21. The summed E-state index contributed by atoms with van der Waals surface area (Å²) in [6, 6.07) is -0.637. The summed E-state index contributed by atoms with van der Waals surface area (Å²) in [7, 11) is 0. The molecule has 0 saturated carbocycles. The van der Waals surface area contributed by atoms with Gasteiger partial charge < -0.3 is 20.7 Å². The van der Waals surface area contributed by atoms with Gasteiger partial charge in [-0.15, -0.1) is 0 Å². The van der Waals surface area contributed by atoms with E-state index in [0.717, 1.165) is 6.20 Å². The number of amides is 1. The van der Waals surface area contributed by atoms with Gasteiger partial charge in [0.25, 0.3) is 0 Å². The van der Waals surface area contributed by atoms with Crippen LogP contribution in [0.3, 0.4) is 0 Å². The lowest BCUT2D eigenvalue weighted by Gasteiger charge is -2.35. The van der Waals surface area contributed by atoms with Crippen molar-refractivity contribution >= 4 is 17.7 Å². The first-order valence-corrected chi connectivity index (χ1v) is 6.42. The molecule has 1 saturated heterocycles. The average Bonchev–Trinajstić information content (AvgIpc) is 2.41. The number of carbonyl (C=O) groups is 1. The number of ether oxygens (including phenoxy) is 1. The van der Waals surface area contributed by atoms with Crippen LogP contribution in [-0.2, 0) is 9.53 Å². The molecule has 20 heavy (non-hydrogen) atoms. The standard InChI is InChI=1S/C12H18FN5O2/c1-7(2)16-11(19)9-6-20-4-3-18(9)10-8(13)5-15-12(14)17-10/h5,7,9H,3-4,6H2,1-2H3,(H,16,19)(H2,14,15,17). The fraction of sp³-hybridized carbons (Fsp3) is 0.583. The van der Waals surface area contributed by atoms with E-state index in [2.05, 4.69) is 15.3 Å². The van der Waals surface area contributed by atoms with Crippen molar-refractivity contribution in [2.24, 2.45) is 0 Å². The van der Waals surface area contributed by atoms with Crippen LogP contribution in [0, 0.1) is 5.82 Å². The molecule has 0 bridgehead atoms. The minimum absolute atomic E-state index is 0.00779. The molecule has 2 heterocycles. The van der Waals surface area contributed by atoms with Crippen LogP contribution in [0.25, 0.3) is 0 Å². The van der Waals surface area contributed by atoms with Crippen molar-refractivity contribution in [2.45, 2.75) is 25.9 Å². The second-order valence-electron chi connectivity index (χ2n) is 4.85. The van der Waals surface area contributed by atoms with Crippen molar-refractivity contribution < 1.29 is 13.9 Å². The first kappa shape index (κ1) is 14.4. The molecule has 1 aromatic rings. The largest absolute Gasteiger partial charge is 0.377 e. The Bertz CT molecular complexity index is 497. The lowest BCUT2D eigenvalue weighted by atomic mass is 10.2. The van der Waals surface area contributed by atoms with E-state index in [1.807, 2.05) is 13.8 Å². The van der Waals surface area contributed by atoms with Crippen molar-refractivity contribution in [3.8, 4) is 0 Å². The molecular formula is C12H18FN5O2. The zero-order valence-electron chi connectivity index (χ0n) is 11.5. The topological polar surface area (TPSA) is 93.4 Å². The summed E-state index contributed by atoms with van der Waals surface area (Å²) in [5.41, 5.74) is 5.49. The van der Waals surface area contributed by atoms with Crippen LogP contribution in [0.4, 0.5) is 16.2 Å². The van der Waals surface area contributed by atoms with Crippen molar-refractivity contribution in [1.82, 2.24) is 15.3 Å². The number of rotatable bonds is 3. The van der Waals surface area contributed by atoms with Gasteiger partial charge >= 0.3 is 0 Å². The van der Waals surface area contributed by atoms with Gasteiger partial charge in [0, 0.05) is 12.6 Å². The first-order valence-electron chi connectivity index (χ1n) is 6.42. The number of nitrogens with one attached hydrogen (secondary N) is 1. The van der Waals surface area contributed by atoms with Gasteiger partial charge in [0.1, 0.15) is 6.04 Å². The molecule has 3 N–H and O–H groups in total. The number of aromatic nitrogens is 2. The van der Waals surface area contributed by atoms with E-state index in [-0.39, 0.29) is 30.3 Å². The number of hydrogen-bond donors (Lipinski definition) is 2. The van der Waals surface area contributed by atoms with Crippen LogP contribution in [0.2, 0.25) is 0 Å². The van der Waals surface area contributed by atoms with E-state index in [4.69, 9.17) is 10.5 Å². The molecule has 8 heteroatoms. The van der Waals surface area contributed by atoms with Gasteiger partial charge in [0.05, 0.1) is 19.4 Å². The summed E-state index contributed by atoms with van der Waals surface area (Å²) in [5, 5.41) is 2.79. The molecular weight excluding hydrogens is 265 g/mol. The summed E-state index contributed by atoms with van der Waals surface area (Å²) in [5.74, 6) is -0.833. The number of morpholine rings is 1. The van der Waals surface area contributed by atoms with Crippen molar-refractivity contribution in [2.75, 3.05) is 30.4 Å². The molecule has 0 spiro atoms. The third kappa shape index (κ3) is 3.13. The first-order chi connectivity index (χ1) is 9.49. The van der Waals surface area contributed by atoms with Crippen LogP contribution >= 0.6 is 0 Å². The maximum atomic E-state index is 13.9. The monoisotopic (exact) mass is 283 g/mol. The summed E-state index contributed by atoms with van der Waals surface area (Å²) in [4.78, 5) is 21.2. The SMILES string of the molecule is CC(C)NC(=O)C1COCCN1c1nc(N)ncc1F. The molecule has 1 unspecified atom stereocenters. The van der Waals surface area contributed by atoms with E-state index >= 15 is 0 Å². The highest BCUT2D eigenvalue weighted by Gasteiger charge is 2.32. The van der Waals surface area contributed by atoms with Gasteiger partial charge in [-0.3, -0.25) is 4.79 Å². The second-order valence-corrected chi connectivity index (χ2v) is 4.85. The second kappa shape index (κ2) is 6.00. The Hall–Kier alpha value is -1.96. The van der Waals surface area contributed by atoms with Gasteiger partial charge in [-0.1, -0.05) is 0 Å². The fourth-order valence-corrected chi connectivity index (χ4v) is 2.03. The Morgan fingerprint density at radius 1 is 1.65 bits per heavy atom. The summed E-state index contributed by atoms with van der Waals surface area (Å²) >= 11 is 0. The predicted octanol–water partition coefficient (Wildman–Crippen LogP) is -0.0723. The van der Waals surface area contributed by atoms with Crippen molar-refractivity contribution in [1.29, 1.82) is 0 Å². The lowest BCUT2D eigenvalue weighted by Crippen LogP contribution is -2.55. The summed E-state index contributed by atoms with van der Waals surface area (Å²) in [6.45, 7) is 4.66. The zero-order chi connectivity index (χ0) is 14.7. The molecule has 1 amide bonds. The summed E-state index contributed by atoms with van der Waals surface area (Å²) < 4.78 is 19.2. The number of nitrogen functional groups attached to an aromatic ring is 1. The van der Waals surface area contributed by atoms with Crippen LogP contribution in [0.1, 0.15) is 13.8 Å². The molecule has 2 rings (SSSR count). The molecule has 110 valence electrons. The molecule has 1 aromatic heterocycles. The third-order valence-electron chi connectivity index (χ3n) is 2.88. The van der Waals surface area contributed by atoms with Crippen LogP contribution < -0.4 is 16.0 Å². The Kier molecular flexibility index (Phi) is 4.33. The zero-order valence-corrected chi connectivity index (χ0v) is 11.5. The van der Waals surface area contributed by atoms with E-state index in [1.54, 1.807) is 4.90 Å². The quantitative estimate of drug-likeness (QED) is 0.806. The number of anilines is 2. The Morgan fingerprint density at radius 3 is 3.10 bits per heavy atom. The smallest absolute Gasteiger partial charge is 0.245 e. The van der Waals surface area contributed by atoms with Crippen molar-refractivity contribution in [3.63, 3.8) is 0 Å². The fourth-order valence-electron chi connectivity index (χ4n) is 2.03. The third-order valence-corrected chi connectivity index (χ3v) is 2.88. The maximum Gasteiger partial charge on any atom is 0.245 e. The molecule has 1 aliphatic heterocycles. The molecule has 1 atom stereocenters. The van der Waals surface area contributed by atoms with Gasteiger partial charge in [0.15, 0.2) is 11.6 Å².